The first-order chi connectivity index (χ1) is 7.49. The smallest absolute Gasteiger partial charge is 0.339 e. The topological polar surface area (TPSA) is 77.8 Å². The van der Waals surface area contributed by atoms with Gasteiger partial charge in [0.15, 0.2) is 0 Å². The van der Waals surface area contributed by atoms with Gasteiger partial charge < -0.3 is 15.3 Å². The number of aliphatic hydroxyl groups excluding tert-OH is 1. The molecule has 0 spiro atoms. The van der Waals surface area contributed by atoms with E-state index in [0.717, 1.165) is 5.56 Å². The summed E-state index contributed by atoms with van der Waals surface area (Å²) in [4.78, 5) is 10.8. The molecule has 1 aromatic rings. The molecule has 1 aliphatic carbocycles. The number of rotatable bonds is 1. The number of aromatic carboxylic acids is 1. The number of aromatic hydroxyl groups is 1. The number of carboxylic acid groups (broad SMARTS) is 1. The lowest BCUT2D eigenvalue weighted by Gasteiger charge is -2.19. The molecule has 16 heavy (non-hydrogen) atoms. The van der Waals surface area contributed by atoms with Gasteiger partial charge in [-0.05, 0) is 35.8 Å². The fourth-order valence-corrected chi connectivity index (χ4v) is 1.87. The van der Waals surface area contributed by atoms with Crippen molar-refractivity contribution in [2.75, 3.05) is 0 Å². The fraction of sp³-hybridized carbons (Fsp3) is 0.250. The second-order valence-electron chi connectivity index (χ2n) is 4.05. The van der Waals surface area contributed by atoms with Crippen molar-refractivity contribution in [1.29, 1.82) is 0 Å². The minimum Gasteiger partial charge on any atom is -0.512 e. The molecule has 84 valence electrons. The molecule has 0 saturated carbocycles. The van der Waals surface area contributed by atoms with Crippen LogP contribution in [0.5, 0.6) is 5.75 Å². The Morgan fingerprint density at radius 2 is 2.06 bits per heavy atom. The molecule has 4 heteroatoms. The lowest BCUT2D eigenvalue weighted by Crippen LogP contribution is -2.10. The highest BCUT2D eigenvalue weighted by molar-refractivity contribution is 5.92. The van der Waals surface area contributed by atoms with Crippen LogP contribution < -0.4 is 0 Å². The maximum Gasteiger partial charge on any atom is 0.339 e. The second-order valence-corrected chi connectivity index (χ2v) is 4.05. The quantitative estimate of drug-likeness (QED) is 0.677. The number of benzene rings is 1. The normalized spacial score (nSPS) is 18.8. The third-order valence-electron chi connectivity index (χ3n) is 2.82. The van der Waals surface area contributed by atoms with Crippen molar-refractivity contribution in [3.8, 4) is 5.75 Å². The van der Waals surface area contributed by atoms with E-state index in [1.165, 1.54) is 12.1 Å². The molecule has 0 bridgehead atoms. The van der Waals surface area contributed by atoms with Crippen LogP contribution in [0.15, 0.2) is 17.9 Å². The first-order valence-corrected chi connectivity index (χ1v) is 4.98. The average molecular weight is 220 g/mol. The molecule has 1 unspecified atom stereocenters. The van der Waals surface area contributed by atoms with Gasteiger partial charge in [0.25, 0.3) is 0 Å². The summed E-state index contributed by atoms with van der Waals surface area (Å²) in [7, 11) is 0. The Morgan fingerprint density at radius 3 is 2.69 bits per heavy atom. The Bertz CT molecular complexity index is 488. The Kier molecular flexibility index (Phi) is 2.34. The summed E-state index contributed by atoms with van der Waals surface area (Å²) in [5.41, 5.74) is 1.37. The van der Waals surface area contributed by atoms with E-state index in [1.807, 2.05) is 6.92 Å². The number of aliphatic hydroxyl groups is 1. The number of fused-ring (bicyclic) bond motifs is 1. The van der Waals surface area contributed by atoms with E-state index in [4.69, 9.17) is 5.11 Å². The molecule has 1 aliphatic rings. The van der Waals surface area contributed by atoms with Crippen LogP contribution in [0, 0.1) is 5.92 Å². The number of allylic oxidation sites excluding steroid dienone is 1. The number of hydrogen-bond donors (Lipinski definition) is 3. The first kappa shape index (κ1) is 10.5. The molecule has 0 radical (unpaired) electrons. The van der Waals surface area contributed by atoms with E-state index in [-0.39, 0.29) is 23.0 Å². The minimum atomic E-state index is -1.17. The van der Waals surface area contributed by atoms with Crippen molar-refractivity contribution in [2.45, 2.75) is 13.3 Å². The van der Waals surface area contributed by atoms with E-state index in [1.54, 1.807) is 6.08 Å². The molecule has 4 nitrogen and oxygen atoms in total. The molecule has 0 heterocycles. The van der Waals surface area contributed by atoms with Crippen molar-refractivity contribution < 1.29 is 20.1 Å². The molecule has 2 rings (SSSR count). The van der Waals surface area contributed by atoms with Gasteiger partial charge in [0, 0.05) is 5.92 Å². The highest BCUT2D eigenvalue weighted by atomic mass is 16.4. The van der Waals surface area contributed by atoms with Crippen LogP contribution in [-0.4, -0.2) is 21.3 Å². The Labute approximate surface area is 92.5 Å². The number of hydrogen-bond acceptors (Lipinski definition) is 3. The van der Waals surface area contributed by atoms with E-state index in [9.17, 15) is 15.0 Å². The van der Waals surface area contributed by atoms with Crippen molar-refractivity contribution in [3.63, 3.8) is 0 Å². The number of carboxylic acids is 1. The summed E-state index contributed by atoms with van der Waals surface area (Å²) in [6.07, 6.45) is 2.15. The van der Waals surface area contributed by atoms with Crippen molar-refractivity contribution in [2.24, 2.45) is 5.92 Å². The van der Waals surface area contributed by atoms with Crippen LogP contribution in [0.3, 0.4) is 0 Å². The summed E-state index contributed by atoms with van der Waals surface area (Å²) in [6, 6.07) is 2.84. The fourth-order valence-electron chi connectivity index (χ4n) is 1.87. The summed E-state index contributed by atoms with van der Waals surface area (Å²) < 4.78 is 0. The molecule has 0 amide bonds. The monoisotopic (exact) mass is 220 g/mol. The Morgan fingerprint density at radius 1 is 1.38 bits per heavy atom. The molecule has 0 aromatic heterocycles. The predicted octanol–water partition coefficient (Wildman–Crippen LogP) is 2.18. The third kappa shape index (κ3) is 1.62. The molecule has 0 aliphatic heterocycles. The molecule has 1 aromatic carbocycles. The standard InChI is InChI=1S/C12H12O4/c1-6-2-7-5-11(14)9(12(15)16)3-8(7)4-10(6)13/h3-6,13-14H,2H2,1H3,(H,15,16). The highest BCUT2D eigenvalue weighted by Gasteiger charge is 2.20. The molecule has 0 saturated heterocycles. The van der Waals surface area contributed by atoms with Crippen LogP contribution in [0.25, 0.3) is 6.08 Å². The molecular formula is C12H12O4. The van der Waals surface area contributed by atoms with Gasteiger partial charge in [-0.25, -0.2) is 4.79 Å². The Balaban J connectivity index is 2.57. The predicted molar refractivity (Wildman–Crippen MR) is 58.5 cm³/mol. The summed E-state index contributed by atoms with van der Waals surface area (Å²) in [5.74, 6) is -1.16. The van der Waals surface area contributed by atoms with Crippen LogP contribution in [0.1, 0.15) is 28.4 Å². The van der Waals surface area contributed by atoms with Crippen molar-refractivity contribution in [1.82, 2.24) is 0 Å². The van der Waals surface area contributed by atoms with Gasteiger partial charge >= 0.3 is 5.97 Å². The summed E-state index contributed by atoms with van der Waals surface area (Å²) in [6.45, 7) is 1.87. The van der Waals surface area contributed by atoms with Crippen molar-refractivity contribution >= 4 is 12.0 Å². The third-order valence-corrected chi connectivity index (χ3v) is 2.82. The molecular weight excluding hydrogens is 208 g/mol. The van der Waals surface area contributed by atoms with Gasteiger partial charge in [0.2, 0.25) is 0 Å². The molecule has 0 fully saturated rings. The SMILES string of the molecule is CC1Cc2cc(O)c(C(=O)O)cc2C=C1O. The van der Waals surface area contributed by atoms with Crippen LogP contribution >= 0.6 is 0 Å². The first-order valence-electron chi connectivity index (χ1n) is 4.98. The largest absolute Gasteiger partial charge is 0.512 e. The van der Waals surface area contributed by atoms with Crippen LogP contribution in [0.4, 0.5) is 0 Å². The molecule has 3 N–H and O–H groups in total. The number of phenols is 1. The van der Waals surface area contributed by atoms with E-state index in [0.29, 0.717) is 12.0 Å². The zero-order valence-electron chi connectivity index (χ0n) is 8.77. The van der Waals surface area contributed by atoms with E-state index < -0.39 is 5.97 Å². The lowest BCUT2D eigenvalue weighted by molar-refractivity contribution is 0.0693. The van der Waals surface area contributed by atoms with Gasteiger partial charge in [0.05, 0.1) is 5.76 Å². The molecule has 1 atom stereocenters. The summed E-state index contributed by atoms with van der Waals surface area (Å²) >= 11 is 0. The van der Waals surface area contributed by atoms with Gasteiger partial charge in [-0.2, -0.15) is 0 Å². The van der Waals surface area contributed by atoms with Gasteiger partial charge in [0.1, 0.15) is 11.3 Å². The highest BCUT2D eigenvalue weighted by Crippen LogP contribution is 2.31. The van der Waals surface area contributed by atoms with Crippen LogP contribution in [0.2, 0.25) is 0 Å². The minimum absolute atomic E-state index is 0.00239. The van der Waals surface area contributed by atoms with Gasteiger partial charge in [-0.15, -0.1) is 0 Å². The lowest BCUT2D eigenvalue weighted by atomic mass is 9.88. The van der Waals surface area contributed by atoms with Gasteiger partial charge in [-0.3, -0.25) is 0 Å². The van der Waals surface area contributed by atoms with E-state index in [2.05, 4.69) is 0 Å². The maximum absolute atomic E-state index is 10.8. The zero-order chi connectivity index (χ0) is 11.9. The maximum atomic E-state index is 10.8. The zero-order valence-corrected chi connectivity index (χ0v) is 8.77. The second kappa shape index (κ2) is 3.56. The summed E-state index contributed by atoms with van der Waals surface area (Å²) in [5, 5.41) is 27.9. The van der Waals surface area contributed by atoms with E-state index >= 15 is 0 Å². The Hall–Kier alpha value is -1.97. The number of carbonyl (C=O) groups is 1. The van der Waals surface area contributed by atoms with Gasteiger partial charge in [-0.1, -0.05) is 6.92 Å². The van der Waals surface area contributed by atoms with Crippen molar-refractivity contribution in [3.05, 3.63) is 34.6 Å². The average Bonchev–Trinajstić information content (AvgIpc) is 2.19. The van der Waals surface area contributed by atoms with Crippen LogP contribution in [-0.2, 0) is 6.42 Å².